The summed E-state index contributed by atoms with van der Waals surface area (Å²) >= 11 is 0. The lowest BCUT2D eigenvalue weighted by Crippen LogP contribution is -2.24. The zero-order valence-electron chi connectivity index (χ0n) is 9.78. The molecule has 1 N–H and O–H groups in total. The standard InChI is InChI=1S/C12H20O4/c1-9(13)16-11(8-12(14)15)7-10-5-3-2-4-6-10/h10-11H,2-8H2,1H3,(H,14,15). The summed E-state index contributed by atoms with van der Waals surface area (Å²) < 4.78 is 5.04. The average molecular weight is 228 g/mol. The number of carboxylic acid groups (broad SMARTS) is 1. The molecule has 0 bridgehead atoms. The van der Waals surface area contributed by atoms with Crippen molar-refractivity contribution in [3.63, 3.8) is 0 Å². The molecule has 0 saturated heterocycles. The van der Waals surface area contributed by atoms with E-state index in [2.05, 4.69) is 0 Å². The van der Waals surface area contributed by atoms with E-state index in [0.717, 1.165) is 12.8 Å². The lowest BCUT2D eigenvalue weighted by Gasteiger charge is -2.25. The van der Waals surface area contributed by atoms with Gasteiger partial charge in [-0.15, -0.1) is 0 Å². The molecule has 0 aromatic heterocycles. The summed E-state index contributed by atoms with van der Waals surface area (Å²) in [5.74, 6) is -0.762. The zero-order chi connectivity index (χ0) is 12.0. The maximum absolute atomic E-state index is 10.9. The average Bonchev–Trinajstić information content (AvgIpc) is 2.16. The molecule has 0 amide bonds. The molecule has 0 aromatic rings. The highest BCUT2D eigenvalue weighted by Gasteiger charge is 2.22. The van der Waals surface area contributed by atoms with Crippen LogP contribution >= 0.6 is 0 Å². The van der Waals surface area contributed by atoms with Crippen LogP contribution in [0.5, 0.6) is 0 Å². The normalized spacial score (nSPS) is 19.1. The Labute approximate surface area is 96.0 Å². The van der Waals surface area contributed by atoms with Crippen LogP contribution in [0.15, 0.2) is 0 Å². The second-order valence-electron chi connectivity index (χ2n) is 4.57. The Hall–Kier alpha value is -1.06. The number of carbonyl (C=O) groups is 2. The van der Waals surface area contributed by atoms with Crippen molar-refractivity contribution in [3.8, 4) is 0 Å². The summed E-state index contributed by atoms with van der Waals surface area (Å²) in [6.07, 6.45) is 6.15. The molecule has 0 spiro atoms. The van der Waals surface area contributed by atoms with Crippen molar-refractivity contribution >= 4 is 11.9 Å². The molecule has 1 fully saturated rings. The first-order valence-electron chi connectivity index (χ1n) is 5.97. The highest BCUT2D eigenvalue weighted by molar-refractivity contribution is 5.69. The van der Waals surface area contributed by atoms with Crippen molar-refractivity contribution in [1.29, 1.82) is 0 Å². The van der Waals surface area contributed by atoms with E-state index in [1.807, 2.05) is 0 Å². The Morgan fingerprint density at radius 3 is 2.44 bits per heavy atom. The number of carboxylic acids is 1. The van der Waals surface area contributed by atoms with Crippen LogP contribution in [0.1, 0.15) is 51.9 Å². The summed E-state index contributed by atoms with van der Waals surface area (Å²) in [5, 5.41) is 8.73. The van der Waals surface area contributed by atoms with Crippen molar-refractivity contribution in [2.24, 2.45) is 5.92 Å². The molecule has 0 aromatic carbocycles. The molecule has 4 nitrogen and oxygen atoms in total. The fraction of sp³-hybridized carbons (Fsp3) is 0.833. The second kappa shape index (κ2) is 6.51. The fourth-order valence-corrected chi connectivity index (χ4v) is 2.40. The number of hydrogen-bond acceptors (Lipinski definition) is 3. The van der Waals surface area contributed by atoms with Gasteiger partial charge in [0.25, 0.3) is 0 Å². The summed E-state index contributed by atoms with van der Waals surface area (Å²) in [6, 6.07) is 0. The van der Waals surface area contributed by atoms with Crippen LogP contribution in [-0.2, 0) is 14.3 Å². The molecule has 1 unspecified atom stereocenters. The van der Waals surface area contributed by atoms with Crippen molar-refractivity contribution in [1.82, 2.24) is 0 Å². The van der Waals surface area contributed by atoms with Crippen LogP contribution in [0.3, 0.4) is 0 Å². The smallest absolute Gasteiger partial charge is 0.307 e. The van der Waals surface area contributed by atoms with Gasteiger partial charge in [0.05, 0.1) is 6.42 Å². The molecule has 1 atom stereocenters. The number of aliphatic carboxylic acids is 1. The summed E-state index contributed by atoms with van der Waals surface area (Å²) in [4.78, 5) is 21.5. The van der Waals surface area contributed by atoms with Gasteiger partial charge >= 0.3 is 11.9 Å². The summed E-state index contributed by atoms with van der Waals surface area (Å²) in [6.45, 7) is 1.33. The van der Waals surface area contributed by atoms with Crippen molar-refractivity contribution in [2.45, 2.75) is 58.0 Å². The molecule has 16 heavy (non-hydrogen) atoms. The van der Waals surface area contributed by atoms with Crippen LogP contribution in [0.4, 0.5) is 0 Å². The van der Waals surface area contributed by atoms with Gasteiger partial charge < -0.3 is 9.84 Å². The Kier molecular flexibility index (Phi) is 5.29. The molecule has 1 rings (SSSR count). The molecule has 0 aliphatic heterocycles. The fourth-order valence-electron chi connectivity index (χ4n) is 2.40. The monoisotopic (exact) mass is 228 g/mol. The zero-order valence-corrected chi connectivity index (χ0v) is 9.78. The van der Waals surface area contributed by atoms with Gasteiger partial charge in [-0.25, -0.2) is 0 Å². The van der Waals surface area contributed by atoms with Crippen LogP contribution < -0.4 is 0 Å². The lowest BCUT2D eigenvalue weighted by molar-refractivity contribution is -0.151. The molecule has 0 heterocycles. The number of carbonyl (C=O) groups excluding carboxylic acids is 1. The quantitative estimate of drug-likeness (QED) is 0.734. The van der Waals surface area contributed by atoms with Gasteiger partial charge in [0.2, 0.25) is 0 Å². The maximum atomic E-state index is 10.9. The largest absolute Gasteiger partial charge is 0.481 e. The molecule has 1 aliphatic carbocycles. The predicted octanol–water partition coefficient (Wildman–Crippen LogP) is 2.36. The predicted molar refractivity (Wildman–Crippen MR) is 59.0 cm³/mol. The number of ether oxygens (including phenoxy) is 1. The molecule has 92 valence electrons. The van der Waals surface area contributed by atoms with E-state index in [4.69, 9.17) is 9.84 Å². The number of rotatable bonds is 5. The Morgan fingerprint density at radius 1 is 1.31 bits per heavy atom. The Bertz CT molecular complexity index is 227. The Morgan fingerprint density at radius 2 is 1.94 bits per heavy atom. The third kappa shape index (κ3) is 5.14. The highest BCUT2D eigenvalue weighted by atomic mass is 16.5. The number of hydrogen-bond donors (Lipinski definition) is 1. The molecule has 1 saturated carbocycles. The van der Waals surface area contributed by atoms with Crippen LogP contribution in [0, 0.1) is 5.92 Å². The van der Waals surface area contributed by atoms with E-state index >= 15 is 0 Å². The lowest BCUT2D eigenvalue weighted by atomic mass is 9.85. The molecular weight excluding hydrogens is 208 g/mol. The van der Waals surface area contributed by atoms with Crippen LogP contribution in [0.25, 0.3) is 0 Å². The minimum absolute atomic E-state index is 0.0733. The van der Waals surface area contributed by atoms with Gasteiger partial charge in [0.1, 0.15) is 6.10 Å². The van der Waals surface area contributed by atoms with Gasteiger partial charge in [-0.2, -0.15) is 0 Å². The van der Waals surface area contributed by atoms with Gasteiger partial charge in [0, 0.05) is 6.92 Å². The third-order valence-electron chi connectivity index (χ3n) is 3.06. The van der Waals surface area contributed by atoms with E-state index < -0.39 is 12.1 Å². The van der Waals surface area contributed by atoms with Crippen LogP contribution in [0.2, 0.25) is 0 Å². The van der Waals surface area contributed by atoms with Crippen molar-refractivity contribution in [3.05, 3.63) is 0 Å². The second-order valence-corrected chi connectivity index (χ2v) is 4.57. The highest BCUT2D eigenvalue weighted by Crippen LogP contribution is 2.28. The first kappa shape index (κ1) is 13.0. The van der Waals surface area contributed by atoms with Gasteiger partial charge in [0.15, 0.2) is 0 Å². The van der Waals surface area contributed by atoms with Gasteiger partial charge in [-0.1, -0.05) is 32.1 Å². The third-order valence-corrected chi connectivity index (χ3v) is 3.06. The van der Waals surface area contributed by atoms with E-state index in [1.54, 1.807) is 0 Å². The van der Waals surface area contributed by atoms with E-state index in [1.165, 1.54) is 26.2 Å². The SMILES string of the molecule is CC(=O)OC(CC(=O)O)CC1CCCCC1. The van der Waals surface area contributed by atoms with E-state index in [-0.39, 0.29) is 12.4 Å². The first-order valence-corrected chi connectivity index (χ1v) is 5.97. The van der Waals surface area contributed by atoms with Crippen LogP contribution in [-0.4, -0.2) is 23.1 Å². The maximum Gasteiger partial charge on any atom is 0.307 e. The molecule has 0 radical (unpaired) electrons. The number of esters is 1. The Balaban J connectivity index is 2.40. The topological polar surface area (TPSA) is 63.6 Å². The van der Waals surface area contributed by atoms with Gasteiger partial charge in [-0.05, 0) is 12.3 Å². The van der Waals surface area contributed by atoms with E-state index in [9.17, 15) is 9.59 Å². The van der Waals surface area contributed by atoms with Crippen molar-refractivity contribution in [2.75, 3.05) is 0 Å². The van der Waals surface area contributed by atoms with Crippen molar-refractivity contribution < 1.29 is 19.4 Å². The molecule has 1 aliphatic rings. The van der Waals surface area contributed by atoms with Gasteiger partial charge in [-0.3, -0.25) is 9.59 Å². The minimum Gasteiger partial charge on any atom is -0.481 e. The summed E-state index contributed by atoms with van der Waals surface area (Å²) in [7, 11) is 0. The molecule has 4 heteroatoms. The first-order chi connectivity index (χ1) is 7.58. The van der Waals surface area contributed by atoms with E-state index in [0.29, 0.717) is 12.3 Å². The summed E-state index contributed by atoms with van der Waals surface area (Å²) in [5.41, 5.74) is 0. The molecular formula is C12H20O4. The minimum atomic E-state index is -0.901.